The fourth-order valence-electron chi connectivity index (χ4n) is 4.67. The number of ketones is 1. The van der Waals surface area contributed by atoms with E-state index in [9.17, 15) is 4.79 Å². The van der Waals surface area contributed by atoms with Gasteiger partial charge < -0.3 is 9.73 Å². The van der Waals surface area contributed by atoms with Crippen molar-refractivity contribution in [1.82, 2.24) is 0 Å². The third-order valence-corrected chi connectivity index (χ3v) is 5.78. The summed E-state index contributed by atoms with van der Waals surface area (Å²) < 4.78 is 5.97. The number of benzene rings is 2. The molecule has 1 aromatic heterocycles. The normalized spacial score (nSPS) is 21.0. The second kappa shape index (κ2) is 5.59. The number of anilines is 1. The van der Waals surface area contributed by atoms with Crippen LogP contribution in [0.3, 0.4) is 0 Å². The lowest BCUT2D eigenvalue weighted by atomic mass is 9.68. The summed E-state index contributed by atoms with van der Waals surface area (Å²) in [7, 11) is 0. The minimum atomic E-state index is -0.0918. The Bertz CT molecular complexity index is 1120. The van der Waals surface area contributed by atoms with Gasteiger partial charge in [-0.05, 0) is 53.3 Å². The van der Waals surface area contributed by atoms with Crippen LogP contribution in [-0.2, 0) is 4.79 Å². The monoisotopic (exact) mass is 357 g/mol. The SMILES string of the molecule is Cc1ccc(C2Nc3ccc4ccccc4c3C3=C2CC(C)(C)CC3=O)o1. The molecule has 1 aliphatic carbocycles. The second-order valence-corrected chi connectivity index (χ2v) is 8.58. The first-order valence-corrected chi connectivity index (χ1v) is 9.54. The van der Waals surface area contributed by atoms with Crippen LogP contribution in [-0.4, -0.2) is 5.78 Å². The van der Waals surface area contributed by atoms with Crippen molar-refractivity contribution in [3.8, 4) is 0 Å². The Kier molecular flexibility index (Phi) is 3.39. The first kappa shape index (κ1) is 16.4. The smallest absolute Gasteiger partial charge is 0.164 e. The van der Waals surface area contributed by atoms with Crippen LogP contribution in [0.5, 0.6) is 0 Å². The van der Waals surface area contributed by atoms with E-state index in [-0.39, 0.29) is 17.2 Å². The van der Waals surface area contributed by atoms with Crippen molar-refractivity contribution in [3.63, 3.8) is 0 Å². The van der Waals surface area contributed by atoms with Crippen LogP contribution >= 0.6 is 0 Å². The molecule has 0 radical (unpaired) electrons. The van der Waals surface area contributed by atoms with Gasteiger partial charge in [-0.25, -0.2) is 0 Å². The van der Waals surface area contributed by atoms with Crippen molar-refractivity contribution in [1.29, 1.82) is 0 Å². The Balaban J connectivity index is 1.81. The van der Waals surface area contributed by atoms with Crippen LogP contribution < -0.4 is 5.32 Å². The highest BCUT2D eigenvalue weighted by molar-refractivity contribution is 6.28. The number of hydrogen-bond donors (Lipinski definition) is 1. The van der Waals surface area contributed by atoms with E-state index in [1.807, 2.05) is 31.2 Å². The zero-order valence-electron chi connectivity index (χ0n) is 15.9. The number of nitrogens with one attached hydrogen (secondary N) is 1. The Morgan fingerprint density at radius 1 is 1.04 bits per heavy atom. The zero-order chi connectivity index (χ0) is 18.8. The number of carbonyl (C=O) groups excluding carboxylic acids is 1. The number of hydrogen-bond acceptors (Lipinski definition) is 3. The van der Waals surface area contributed by atoms with Crippen LogP contribution in [0, 0.1) is 12.3 Å². The van der Waals surface area contributed by atoms with Gasteiger partial charge in [0.2, 0.25) is 0 Å². The molecule has 1 unspecified atom stereocenters. The van der Waals surface area contributed by atoms with Crippen LogP contribution in [0.15, 0.2) is 58.5 Å². The van der Waals surface area contributed by atoms with Crippen LogP contribution in [0.4, 0.5) is 5.69 Å². The summed E-state index contributed by atoms with van der Waals surface area (Å²) in [6.45, 7) is 6.31. The van der Waals surface area contributed by atoms with E-state index in [4.69, 9.17) is 4.42 Å². The fraction of sp³-hybridized carbons (Fsp3) is 0.292. The van der Waals surface area contributed by atoms with E-state index in [1.54, 1.807) is 0 Å². The average molecular weight is 357 g/mol. The molecule has 0 fully saturated rings. The minimum Gasteiger partial charge on any atom is -0.464 e. The zero-order valence-corrected chi connectivity index (χ0v) is 15.9. The van der Waals surface area contributed by atoms with Crippen LogP contribution in [0.1, 0.15) is 49.8 Å². The van der Waals surface area contributed by atoms with Crippen molar-refractivity contribution >= 4 is 27.8 Å². The van der Waals surface area contributed by atoms with Gasteiger partial charge in [0.25, 0.3) is 0 Å². The molecule has 1 aliphatic heterocycles. The summed E-state index contributed by atoms with van der Waals surface area (Å²) in [5.41, 5.74) is 4.09. The van der Waals surface area contributed by atoms with Gasteiger partial charge in [-0.1, -0.05) is 44.2 Å². The van der Waals surface area contributed by atoms with Gasteiger partial charge >= 0.3 is 0 Å². The maximum Gasteiger partial charge on any atom is 0.164 e. The molecule has 0 spiro atoms. The highest BCUT2D eigenvalue weighted by atomic mass is 16.3. The predicted octanol–water partition coefficient (Wildman–Crippen LogP) is 6.05. The van der Waals surface area contributed by atoms with Crippen molar-refractivity contribution in [2.24, 2.45) is 5.41 Å². The average Bonchev–Trinajstić information content (AvgIpc) is 3.05. The lowest BCUT2D eigenvalue weighted by Crippen LogP contribution is -2.32. The van der Waals surface area contributed by atoms with E-state index >= 15 is 0 Å². The lowest BCUT2D eigenvalue weighted by molar-refractivity contribution is -0.116. The van der Waals surface area contributed by atoms with Crippen molar-refractivity contribution in [3.05, 3.63) is 71.2 Å². The van der Waals surface area contributed by atoms with E-state index in [0.29, 0.717) is 6.42 Å². The molecule has 0 saturated carbocycles. The highest BCUT2D eigenvalue weighted by Gasteiger charge is 2.41. The molecule has 3 nitrogen and oxygen atoms in total. The molecule has 3 aromatic rings. The Hall–Kier alpha value is -2.81. The molecular weight excluding hydrogens is 334 g/mol. The summed E-state index contributed by atoms with van der Waals surface area (Å²) in [4.78, 5) is 13.3. The van der Waals surface area contributed by atoms with Crippen LogP contribution in [0.2, 0.25) is 0 Å². The molecule has 27 heavy (non-hydrogen) atoms. The van der Waals surface area contributed by atoms with Crippen molar-refractivity contribution in [2.45, 2.75) is 39.7 Å². The van der Waals surface area contributed by atoms with Gasteiger partial charge in [0.05, 0.1) is 0 Å². The first-order valence-electron chi connectivity index (χ1n) is 9.54. The first-order chi connectivity index (χ1) is 12.9. The molecule has 136 valence electrons. The number of aryl methyl sites for hydroxylation is 1. The summed E-state index contributed by atoms with van der Waals surface area (Å²) in [5.74, 6) is 2.01. The van der Waals surface area contributed by atoms with E-state index < -0.39 is 0 Å². The fourth-order valence-corrected chi connectivity index (χ4v) is 4.67. The Labute approximate surface area is 159 Å². The molecule has 1 N–H and O–H groups in total. The number of furan rings is 1. The van der Waals surface area contributed by atoms with Gasteiger partial charge in [-0.3, -0.25) is 4.79 Å². The molecular formula is C24H23NO2. The van der Waals surface area contributed by atoms with Gasteiger partial charge in [0.1, 0.15) is 17.6 Å². The molecule has 0 saturated heterocycles. The Morgan fingerprint density at radius 3 is 2.63 bits per heavy atom. The number of fused-ring (bicyclic) bond motifs is 4. The molecule has 0 amide bonds. The maximum absolute atomic E-state index is 13.3. The van der Waals surface area contributed by atoms with Crippen molar-refractivity contribution in [2.75, 3.05) is 5.32 Å². The predicted molar refractivity (Wildman–Crippen MR) is 109 cm³/mol. The summed E-state index contributed by atoms with van der Waals surface area (Å²) in [6, 6.07) is 16.4. The van der Waals surface area contributed by atoms with E-state index in [2.05, 4.69) is 43.4 Å². The second-order valence-electron chi connectivity index (χ2n) is 8.58. The molecule has 0 bridgehead atoms. The quantitative estimate of drug-likeness (QED) is 0.576. The summed E-state index contributed by atoms with van der Waals surface area (Å²) in [6.07, 6.45) is 1.46. The largest absolute Gasteiger partial charge is 0.464 e. The minimum absolute atomic E-state index is 0.0421. The molecule has 2 heterocycles. The summed E-state index contributed by atoms with van der Waals surface area (Å²) >= 11 is 0. The molecule has 5 rings (SSSR count). The van der Waals surface area contributed by atoms with Crippen LogP contribution in [0.25, 0.3) is 16.3 Å². The summed E-state index contributed by atoms with van der Waals surface area (Å²) in [5, 5.41) is 5.97. The highest BCUT2D eigenvalue weighted by Crippen LogP contribution is 2.51. The van der Waals surface area contributed by atoms with Crippen molar-refractivity contribution < 1.29 is 9.21 Å². The van der Waals surface area contributed by atoms with Gasteiger partial charge in [0.15, 0.2) is 5.78 Å². The Morgan fingerprint density at radius 2 is 1.85 bits per heavy atom. The van der Waals surface area contributed by atoms with Gasteiger partial charge in [0, 0.05) is 23.2 Å². The maximum atomic E-state index is 13.3. The third-order valence-electron chi connectivity index (χ3n) is 5.78. The number of carbonyl (C=O) groups is 1. The van der Waals surface area contributed by atoms with Gasteiger partial charge in [-0.2, -0.15) is 0 Å². The number of rotatable bonds is 1. The number of allylic oxidation sites excluding steroid dienone is 1. The lowest BCUT2D eigenvalue weighted by Gasteiger charge is -2.39. The molecule has 2 aliphatic rings. The molecule has 2 aromatic carbocycles. The van der Waals surface area contributed by atoms with E-state index in [1.165, 1.54) is 0 Å². The molecule has 1 atom stereocenters. The topological polar surface area (TPSA) is 42.2 Å². The molecule has 3 heteroatoms. The standard InChI is InChI=1S/C24H23NO2/c1-14-8-11-20(27-14)23-17-12-24(2,3)13-19(26)22(17)21-16-7-5-4-6-15(16)9-10-18(21)25-23/h4-11,23,25H,12-13H2,1-3H3. The van der Waals surface area contributed by atoms with E-state index in [0.717, 1.165) is 51.1 Å². The third kappa shape index (κ3) is 2.53. The number of Topliss-reactive ketones (excluding diaryl/α,β-unsaturated/α-hetero) is 1. The van der Waals surface area contributed by atoms with Gasteiger partial charge in [-0.15, -0.1) is 0 Å².